The minimum Gasteiger partial charge on any atom is -0.460 e. The Kier molecular flexibility index (Phi) is 4.71. The summed E-state index contributed by atoms with van der Waals surface area (Å²) >= 11 is 0. The lowest BCUT2D eigenvalue weighted by Gasteiger charge is -2.03. The van der Waals surface area contributed by atoms with E-state index in [4.69, 9.17) is 0 Å². The molecule has 0 radical (unpaired) electrons. The second-order valence-electron chi connectivity index (χ2n) is 3.73. The van der Waals surface area contributed by atoms with Gasteiger partial charge in [-0.1, -0.05) is 11.6 Å². The van der Waals surface area contributed by atoms with Crippen LogP contribution in [0, 0.1) is 12.7 Å². The first kappa shape index (κ1) is 14.0. The van der Waals surface area contributed by atoms with Crippen molar-refractivity contribution in [3.63, 3.8) is 0 Å². The van der Waals surface area contributed by atoms with Crippen LogP contribution >= 0.6 is 0 Å². The first-order chi connectivity index (χ1) is 8.45. The molecule has 0 aliphatic heterocycles. The zero-order chi connectivity index (χ0) is 13.7. The zero-order valence-electron chi connectivity index (χ0n) is 10.2. The predicted molar refractivity (Wildman–Crippen MR) is 61.7 cm³/mol. The molecule has 1 aromatic carbocycles. The van der Waals surface area contributed by atoms with Crippen LogP contribution in [-0.2, 0) is 14.3 Å². The largest absolute Gasteiger partial charge is 0.460 e. The van der Waals surface area contributed by atoms with Crippen molar-refractivity contribution in [1.82, 2.24) is 0 Å². The summed E-state index contributed by atoms with van der Waals surface area (Å²) in [4.78, 5) is 34.0. The van der Waals surface area contributed by atoms with Gasteiger partial charge in [-0.05, 0) is 26.0 Å². The molecule has 0 fully saturated rings. The van der Waals surface area contributed by atoms with E-state index in [-0.39, 0.29) is 12.2 Å². The molecule has 1 rings (SSSR count). The molecule has 0 unspecified atom stereocenters. The maximum atomic E-state index is 13.4. The van der Waals surface area contributed by atoms with Crippen LogP contribution in [0.2, 0.25) is 0 Å². The number of carbonyl (C=O) groups is 3. The molecule has 0 spiro atoms. The summed E-state index contributed by atoms with van der Waals surface area (Å²) in [5.41, 5.74) is 0.510. The highest BCUT2D eigenvalue weighted by Crippen LogP contribution is 2.12. The molecule has 0 heterocycles. The number of Topliss-reactive ketones (excluding diaryl/α,β-unsaturated/α-hetero) is 2. The Morgan fingerprint density at radius 1 is 1.28 bits per heavy atom. The van der Waals surface area contributed by atoms with E-state index in [9.17, 15) is 18.8 Å². The SMILES string of the molecule is CCOC(=O)C(=O)CC(=O)c1cc(C)ccc1F. The Hall–Kier alpha value is -2.04. The second kappa shape index (κ2) is 6.05. The molecule has 4 nitrogen and oxygen atoms in total. The third-order valence-corrected chi connectivity index (χ3v) is 2.25. The molecule has 0 atom stereocenters. The van der Waals surface area contributed by atoms with Crippen molar-refractivity contribution in [1.29, 1.82) is 0 Å². The van der Waals surface area contributed by atoms with Gasteiger partial charge in [0.25, 0.3) is 0 Å². The number of benzene rings is 1. The molecule has 0 aliphatic carbocycles. The number of aryl methyl sites for hydroxylation is 1. The lowest BCUT2D eigenvalue weighted by atomic mass is 10.0. The van der Waals surface area contributed by atoms with Gasteiger partial charge >= 0.3 is 5.97 Å². The average molecular weight is 252 g/mol. The molecule has 0 aromatic heterocycles. The molecule has 0 saturated carbocycles. The fourth-order valence-corrected chi connectivity index (χ4v) is 1.38. The standard InChI is InChI=1S/C13H13FO4/c1-3-18-13(17)12(16)7-11(15)9-6-8(2)4-5-10(9)14/h4-6H,3,7H2,1-2H3. The van der Waals surface area contributed by atoms with Crippen LogP contribution in [0.3, 0.4) is 0 Å². The van der Waals surface area contributed by atoms with Crippen LogP contribution in [0.25, 0.3) is 0 Å². The minimum atomic E-state index is -1.07. The van der Waals surface area contributed by atoms with Gasteiger partial charge in [-0.15, -0.1) is 0 Å². The molecular formula is C13H13FO4. The number of hydrogen-bond acceptors (Lipinski definition) is 4. The van der Waals surface area contributed by atoms with Crippen LogP contribution in [0.15, 0.2) is 18.2 Å². The summed E-state index contributed by atoms with van der Waals surface area (Å²) in [5.74, 6) is -3.47. The van der Waals surface area contributed by atoms with Gasteiger partial charge in [-0.2, -0.15) is 0 Å². The molecule has 0 N–H and O–H groups in total. The lowest BCUT2D eigenvalue weighted by molar-refractivity contribution is -0.153. The monoisotopic (exact) mass is 252 g/mol. The predicted octanol–water partition coefficient (Wildman–Crippen LogP) is 1.84. The molecule has 1 aromatic rings. The first-order valence-corrected chi connectivity index (χ1v) is 5.45. The average Bonchev–Trinajstić information content (AvgIpc) is 2.32. The third-order valence-electron chi connectivity index (χ3n) is 2.25. The quantitative estimate of drug-likeness (QED) is 0.347. The highest BCUT2D eigenvalue weighted by atomic mass is 19.1. The van der Waals surface area contributed by atoms with E-state index in [0.717, 1.165) is 6.07 Å². The Labute approximate surface area is 104 Å². The highest BCUT2D eigenvalue weighted by molar-refractivity contribution is 6.38. The van der Waals surface area contributed by atoms with E-state index in [0.29, 0.717) is 5.56 Å². The van der Waals surface area contributed by atoms with Gasteiger partial charge in [-0.25, -0.2) is 9.18 Å². The number of ketones is 2. The summed E-state index contributed by atoms with van der Waals surface area (Å²) in [6, 6.07) is 4.01. The Morgan fingerprint density at radius 2 is 1.94 bits per heavy atom. The zero-order valence-corrected chi connectivity index (χ0v) is 10.2. The summed E-state index contributed by atoms with van der Waals surface area (Å²) in [6.07, 6.45) is -0.681. The molecule has 0 aliphatic rings. The first-order valence-electron chi connectivity index (χ1n) is 5.45. The van der Waals surface area contributed by atoms with E-state index >= 15 is 0 Å². The fourth-order valence-electron chi connectivity index (χ4n) is 1.38. The Bertz CT molecular complexity index is 494. The van der Waals surface area contributed by atoms with Crippen molar-refractivity contribution in [2.24, 2.45) is 0 Å². The van der Waals surface area contributed by atoms with Gasteiger partial charge in [-0.3, -0.25) is 9.59 Å². The smallest absolute Gasteiger partial charge is 0.375 e. The number of hydrogen-bond donors (Lipinski definition) is 0. The number of carbonyl (C=O) groups excluding carboxylic acids is 3. The van der Waals surface area contributed by atoms with Gasteiger partial charge in [0.05, 0.1) is 18.6 Å². The van der Waals surface area contributed by atoms with Gasteiger partial charge < -0.3 is 4.74 Å². The molecule has 96 valence electrons. The van der Waals surface area contributed by atoms with Crippen molar-refractivity contribution in [2.45, 2.75) is 20.3 Å². The van der Waals surface area contributed by atoms with Crippen molar-refractivity contribution >= 4 is 17.5 Å². The van der Waals surface area contributed by atoms with Crippen molar-refractivity contribution in [3.05, 3.63) is 35.1 Å². The maximum absolute atomic E-state index is 13.4. The van der Waals surface area contributed by atoms with Gasteiger partial charge in [0.2, 0.25) is 5.78 Å². The van der Waals surface area contributed by atoms with Crippen LogP contribution in [0.5, 0.6) is 0 Å². The molecule has 0 saturated heterocycles. The topological polar surface area (TPSA) is 60.4 Å². The van der Waals surface area contributed by atoms with Crippen LogP contribution in [-0.4, -0.2) is 24.1 Å². The second-order valence-corrected chi connectivity index (χ2v) is 3.73. The molecule has 0 amide bonds. The Morgan fingerprint density at radius 3 is 2.56 bits per heavy atom. The number of esters is 1. The molecule has 5 heteroatoms. The summed E-state index contributed by atoms with van der Waals surface area (Å²) in [6.45, 7) is 3.30. The van der Waals surface area contributed by atoms with Crippen LogP contribution in [0.1, 0.15) is 29.3 Å². The number of halogens is 1. The fraction of sp³-hybridized carbons (Fsp3) is 0.308. The van der Waals surface area contributed by atoms with Crippen molar-refractivity contribution < 1.29 is 23.5 Å². The van der Waals surface area contributed by atoms with Gasteiger partial charge in [0.1, 0.15) is 5.82 Å². The van der Waals surface area contributed by atoms with Crippen molar-refractivity contribution in [2.75, 3.05) is 6.61 Å². The Balaban J connectivity index is 2.80. The minimum absolute atomic E-state index is 0.0531. The van der Waals surface area contributed by atoms with E-state index in [1.807, 2.05) is 0 Å². The van der Waals surface area contributed by atoms with Crippen molar-refractivity contribution in [3.8, 4) is 0 Å². The molecule has 0 bridgehead atoms. The lowest BCUT2D eigenvalue weighted by Crippen LogP contribution is -2.21. The maximum Gasteiger partial charge on any atom is 0.375 e. The van der Waals surface area contributed by atoms with Crippen LogP contribution < -0.4 is 0 Å². The normalized spacial score (nSPS) is 9.94. The van der Waals surface area contributed by atoms with E-state index in [1.165, 1.54) is 12.1 Å². The summed E-state index contributed by atoms with van der Waals surface area (Å²) in [7, 11) is 0. The van der Waals surface area contributed by atoms with E-state index in [2.05, 4.69) is 4.74 Å². The molecular weight excluding hydrogens is 239 g/mol. The van der Waals surface area contributed by atoms with Gasteiger partial charge in [0.15, 0.2) is 5.78 Å². The summed E-state index contributed by atoms with van der Waals surface area (Å²) in [5, 5.41) is 0. The third kappa shape index (κ3) is 3.48. The molecule has 18 heavy (non-hydrogen) atoms. The number of rotatable bonds is 5. The van der Waals surface area contributed by atoms with E-state index in [1.54, 1.807) is 13.8 Å². The number of ether oxygens (including phenoxy) is 1. The summed E-state index contributed by atoms with van der Waals surface area (Å²) < 4.78 is 17.8. The highest BCUT2D eigenvalue weighted by Gasteiger charge is 2.21. The van der Waals surface area contributed by atoms with Gasteiger partial charge in [0, 0.05) is 0 Å². The van der Waals surface area contributed by atoms with Crippen LogP contribution in [0.4, 0.5) is 4.39 Å². The van der Waals surface area contributed by atoms with E-state index < -0.39 is 29.8 Å².